The molecule has 1 heteroatoms. The first-order valence-corrected chi connectivity index (χ1v) is 4.30. The Morgan fingerprint density at radius 1 is 1.50 bits per heavy atom. The van der Waals surface area contributed by atoms with Gasteiger partial charge in [0.1, 0.15) is 0 Å². The summed E-state index contributed by atoms with van der Waals surface area (Å²) >= 11 is 1.81. The van der Waals surface area contributed by atoms with Crippen molar-refractivity contribution in [2.75, 3.05) is 0 Å². The van der Waals surface area contributed by atoms with Gasteiger partial charge in [-0.25, -0.2) is 0 Å². The van der Waals surface area contributed by atoms with E-state index >= 15 is 0 Å². The van der Waals surface area contributed by atoms with Gasteiger partial charge in [-0.2, -0.15) is 0 Å². The fourth-order valence-corrected chi connectivity index (χ4v) is 1.09. The summed E-state index contributed by atoms with van der Waals surface area (Å²) in [6.07, 6.45) is 0. The first-order chi connectivity index (χ1) is 3.93. The van der Waals surface area contributed by atoms with Crippen molar-refractivity contribution >= 4 is 22.3 Å². The fraction of sp³-hybridized carbons (Fsp3) is 0.143. The van der Waals surface area contributed by atoms with Crippen molar-refractivity contribution in [1.29, 1.82) is 0 Å². The van der Waals surface area contributed by atoms with Gasteiger partial charge in [0.25, 0.3) is 0 Å². The van der Waals surface area contributed by atoms with Crippen molar-refractivity contribution in [2.24, 2.45) is 0 Å². The third-order valence-corrected chi connectivity index (χ3v) is 1.92. The zero-order valence-corrected chi connectivity index (χ0v) is 7.02. The maximum absolute atomic E-state index is 3.13. The first kappa shape index (κ1) is 6.13. The molecule has 1 aromatic carbocycles. The molecule has 0 nitrogen and oxygen atoms in total. The van der Waals surface area contributed by atoms with E-state index in [1.54, 1.807) is 0 Å². The van der Waals surface area contributed by atoms with Gasteiger partial charge in [-0.05, 0) is 0 Å². The first-order valence-electron chi connectivity index (χ1n) is 2.50. The van der Waals surface area contributed by atoms with Gasteiger partial charge >= 0.3 is 62.7 Å². The van der Waals surface area contributed by atoms with E-state index in [4.69, 9.17) is 0 Å². The van der Waals surface area contributed by atoms with Crippen LogP contribution in [-0.2, 0) is 4.47 Å². The predicted molar refractivity (Wildman–Crippen MR) is 36.1 cm³/mol. The van der Waals surface area contributed by atoms with Crippen molar-refractivity contribution in [3.05, 3.63) is 35.9 Å². The van der Waals surface area contributed by atoms with E-state index in [9.17, 15) is 0 Å². The van der Waals surface area contributed by atoms with E-state index in [-0.39, 0.29) is 0 Å². The van der Waals surface area contributed by atoms with Gasteiger partial charge in [0.05, 0.1) is 0 Å². The number of rotatable bonds is 1. The normalized spacial score (nSPS) is 9.12. The van der Waals surface area contributed by atoms with Gasteiger partial charge in [0, 0.05) is 0 Å². The van der Waals surface area contributed by atoms with Crippen molar-refractivity contribution in [2.45, 2.75) is 4.47 Å². The van der Waals surface area contributed by atoms with Gasteiger partial charge in [0.15, 0.2) is 0 Å². The molecule has 0 heterocycles. The van der Waals surface area contributed by atoms with Crippen LogP contribution in [0.5, 0.6) is 0 Å². The fourth-order valence-electron chi connectivity index (χ4n) is 0.529. The van der Waals surface area contributed by atoms with E-state index in [0.29, 0.717) is 0 Å². The van der Waals surface area contributed by atoms with Crippen LogP contribution in [0, 0.1) is 6.07 Å². The summed E-state index contributed by atoms with van der Waals surface area (Å²) in [7, 11) is 0. The Bertz CT molecular complexity index is 146. The van der Waals surface area contributed by atoms with Crippen LogP contribution < -0.4 is 0 Å². The molecule has 0 unspecified atom stereocenters. The molecule has 0 atom stereocenters. The Morgan fingerprint density at radius 3 is 2.75 bits per heavy atom. The number of benzene rings is 1. The van der Waals surface area contributed by atoms with Crippen LogP contribution in [0.4, 0.5) is 0 Å². The van der Waals surface area contributed by atoms with Gasteiger partial charge in [0.2, 0.25) is 0 Å². The number of hydrogen-bond donors (Lipinski definition) is 0. The maximum atomic E-state index is 3.13. The van der Waals surface area contributed by atoms with Crippen molar-refractivity contribution in [1.82, 2.24) is 0 Å². The molecule has 0 spiro atoms. The van der Waals surface area contributed by atoms with E-state index in [0.717, 1.165) is 4.47 Å². The average molecular weight is 219 g/mol. The van der Waals surface area contributed by atoms with Crippen molar-refractivity contribution < 1.29 is 0 Å². The third-order valence-electron chi connectivity index (χ3n) is 0.944. The molecule has 0 fully saturated rings. The Balaban J connectivity index is 2.83. The molecule has 0 aliphatic heterocycles. The second-order valence-corrected chi connectivity index (χ2v) is 2.45. The molecule has 8 heavy (non-hydrogen) atoms. The summed E-state index contributed by atoms with van der Waals surface area (Å²) in [6, 6.07) is 11.2. The third kappa shape index (κ3) is 1.51. The Labute approximate surface area is 62.8 Å². The summed E-state index contributed by atoms with van der Waals surface area (Å²) < 4.78 is 1.13. The number of hydrogen-bond acceptors (Lipinski definition) is 0. The van der Waals surface area contributed by atoms with Gasteiger partial charge in [-0.1, -0.05) is 0 Å². The standard InChI is InChI=1S/C7H7Te/c8-6-7-4-2-1-3-5-7/h1-4,8H,6H2. The monoisotopic (exact) mass is 221 g/mol. The van der Waals surface area contributed by atoms with E-state index in [1.807, 2.05) is 40.5 Å². The molecule has 1 aromatic rings. The molecular formula is C7H7Te. The quantitative estimate of drug-likeness (QED) is 0.615. The van der Waals surface area contributed by atoms with Gasteiger partial charge in [-0.15, -0.1) is 0 Å². The van der Waals surface area contributed by atoms with Crippen LogP contribution in [-0.4, -0.2) is 22.3 Å². The summed E-state index contributed by atoms with van der Waals surface area (Å²) in [5.74, 6) is 0. The molecule has 1 radical (unpaired) electrons. The minimum absolute atomic E-state index is 1.13. The molecule has 1 rings (SSSR count). The molecule has 0 aliphatic rings. The van der Waals surface area contributed by atoms with E-state index in [1.165, 1.54) is 5.56 Å². The van der Waals surface area contributed by atoms with Crippen LogP contribution in [0.2, 0.25) is 0 Å². The summed E-state index contributed by atoms with van der Waals surface area (Å²) in [4.78, 5) is 0. The van der Waals surface area contributed by atoms with E-state index in [2.05, 4.69) is 12.1 Å². The van der Waals surface area contributed by atoms with Crippen LogP contribution in [0.15, 0.2) is 24.3 Å². The molecule has 0 N–H and O–H groups in total. The topological polar surface area (TPSA) is 0 Å². The average Bonchev–Trinajstić information content (AvgIpc) is 1.90. The molecule has 0 saturated carbocycles. The minimum atomic E-state index is 1.13. The second-order valence-electron chi connectivity index (χ2n) is 1.55. The molecule has 0 aromatic heterocycles. The second kappa shape index (κ2) is 3.12. The van der Waals surface area contributed by atoms with Crippen molar-refractivity contribution in [3.8, 4) is 0 Å². The zero-order chi connectivity index (χ0) is 5.82. The molecule has 41 valence electrons. The van der Waals surface area contributed by atoms with Crippen LogP contribution in [0.3, 0.4) is 0 Å². The molecule has 0 aliphatic carbocycles. The van der Waals surface area contributed by atoms with Crippen molar-refractivity contribution in [3.63, 3.8) is 0 Å². The predicted octanol–water partition coefficient (Wildman–Crippen LogP) is 0.888. The SMILES string of the molecule is [TeH]Cc1[c]cccc1. The Morgan fingerprint density at radius 2 is 2.38 bits per heavy atom. The van der Waals surface area contributed by atoms with E-state index < -0.39 is 0 Å². The van der Waals surface area contributed by atoms with Crippen LogP contribution >= 0.6 is 0 Å². The summed E-state index contributed by atoms with van der Waals surface area (Å²) in [6.45, 7) is 0. The summed E-state index contributed by atoms with van der Waals surface area (Å²) in [5.41, 5.74) is 1.31. The van der Waals surface area contributed by atoms with Gasteiger partial charge in [-0.3, -0.25) is 0 Å². The molecule has 0 bridgehead atoms. The Kier molecular flexibility index (Phi) is 2.39. The van der Waals surface area contributed by atoms with Gasteiger partial charge < -0.3 is 0 Å². The molecular weight excluding hydrogens is 212 g/mol. The molecule has 0 saturated heterocycles. The van der Waals surface area contributed by atoms with Crippen LogP contribution in [0.25, 0.3) is 0 Å². The summed E-state index contributed by atoms with van der Waals surface area (Å²) in [5, 5.41) is 0. The Hall–Kier alpha value is 0.00961. The zero-order valence-electron chi connectivity index (χ0n) is 4.46. The molecule has 0 amide bonds. The van der Waals surface area contributed by atoms with Crippen LogP contribution in [0.1, 0.15) is 5.56 Å².